The Hall–Kier alpha value is -2.01. The number of hydrogen-bond donors (Lipinski definition) is 2. The number of nitrogens with zero attached hydrogens (tertiary/aromatic N) is 1. The van der Waals surface area contributed by atoms with Crippen molar-refractivity contribution in [2.75, 3.05) is 5.73 Å². The topological polar surface area (TPSA) is 82.0 Å². The minimum Gasteiger partial charge on any atom is -0.397 e. The molecule has 2 rings (SSSR count). The first kappa shape index (κ1) is 13.4. The van der Waals surface area contributed by atoms with Crippen molar-refractivity contribution in [3.8, 4) is 0 Å². The SMILES string of the molecule is Cc1ccc(Sc2ncc(N)cc2C(N)=O)cc1C. The van der Waals surface area contributed by atoms with Gasteiger partial charge in [-0.2, -0.15) is 0 Å². The van der Waals surface area contributed by atoms with E-state index in [1.54, 1.807) is 6.07 Å². The molecule has 1 aromatic heterocycles. The van der Waals surface area contributed by atoms with E-state index in [1.807, 2.05) is 19.1 Å². The molecule has 5 heteroatoms. The average molecular weight is 273 g/mol. The Morgan fingerprint density at radius 1 is 1.21 bits per heavy atom. The van der Waals surface area contributed by atoms with Crippen molar-refractivity contribution in [3.05, 3.63) is 47.2 Å². The highest BCUT2D eigenvalue weighted by Gasteiger charge is 2.12. The molecule has 0 saturated carbocycles. The summed E-state index contributed by atoms with van der Waals surface area (Å²) in [5.41, 5.74) is 14.2. The molecule has 0 aliphatic carbocycles. The first-order valence-electron chi connectivity index (χ1n) is 5.78. The predicted molar refractivity (Wildman–Crippen MR) is 77.2 cm³/mol. The van der Waals surface area contributed by atoms with Crippen LogP contribution in [-0.2, 0) is 0 Å². The predicted octanol–water partition coefficient (Wildman–Crippen LogP) is 2.53. The summed E-state index contributed by atoms with van der Waals surface area (Å²) in [6, 6.07) is 7.65. The summed E-state index contributed by atoms with van der Waals surface area (Å²) in [4.78, 5) is 16.6. The van der Waals surface area contributed by atoms with Gasteiger partial charge in [-0.3, -0.25) is 4.79 Å². The third-order valence-electron chi connectivity index (χ3n) is 2.83. The second-order valence-corrected chi connectivity index (χ2v) is 5.40. The lowest BCUT2D eigenvalue weighted by Crippen LogP contribution is -2.13. The van der Waals surface area contributed by atoms with Crippen molar-refractivity contribution in [1.29, 1.82) is 0 Å². The molecule has 19 heavy (non-hydrogen) atoms. The number of aryl methyl sites for hydroxylation is 2. The van der Waals surface area contributed by atoms with Gasteiger partial charge in [-0.1, -0.05) is 17.8 Å². The highest BCUT2D eigenvalue weighted by atomic mass is 32.2. The Morgan fingerprint density at radius 3 is 2.58 bits per heavy atom. The molecule has 0 unspecified atom stereocenters. The highest BCUT2D eigenvalue weighted by Crippen LogP contribution is 2.30. The summed E-state index contributed by atoms with van der Waals surface area (Å²) in [5, 5.41) is 0.574. The molecule has 0 fully saturated rings. The van der Waals surface area contributed by atoms with E-state index in [0.29, 0.717) is 16.3 Å². The fourth-order valence-corrected chi connectivity index (χ4v) is 2.59. The van der Waals surface area contributed by atoms with Gasteiger partial charge in [-0.05, 0) is 43.2 Å². The number of primary amides is 1. The van der Waals surface area contributed by atoms with Crippen LogP contribution in [0.1, 0.15) is 21.5 Å². The van der Waals surface area contributed by atoms with Gasteiger partial charge in [0.25, 0.3) is 5.91 Å². The molecule has 4 nitrogen and oxygen atoms in total. The number of amides is 1. The normalized spacial score (nSPS) is 10.4. The zero-order valence-corrected chi connectivity index (χ0v) is 11.6. The van der Waals surface area contributed by atoms with Crippen LogP contribution < -0.4 is 11.5 Å². The number of hydrogen-bond acceptors (Lipinski definition) is 4. The van der Waals surface area contributed by atoms with Gasteiger partial charge in [-0.25, -0.2) is 4.98 Å². The molecule has 2 aromatic rings. The summed E-state index contributed by atoms with van der Waals surface area (Å²) >= 11 is 1.41. The van der Waals surface area contributed by atoms with Gasteiger partial charge in [0.2, 0.25) is 0 Å². The smallest absolute Gasteiger partial charge is 0.251 e. The van der Waals surface area contributed by atoms with Crippen molar-refractivity contribution < 1.29 is 4.79 Å². The van der Waals surface area contributed by atoms with Crippen molar-refractivity contribution in [3.63, 3.8) is 0 Å². The van der Waals surface area contributed by atoms with Crippen LogP contribution in [0.5, 0.6) is 0 Å². The van der Waals surface area contributed by atoms with E-state index >= 15 is 0 Å². The number of anilines is 1. The van der Waals surface area contributed by atoms with Crippen molar-refractivity contribution >= 4 is 23.4 Å². The molecular weight excluding hydrogens is 258 g/mol. The van der Waals surface area contributed by atoms with Crippen LogP contribution in [0, 0.1) is 13.8 Å². The average Bonchev–Trinajstić information content (AvgIpc) is 2.36. The van der Waals surface area contributed by atoms with Gasteiger partial charge in [0.1, 0.15) is 5.03 Å². The van der Waals surface area contributed by atoms with E-state index in [0.717, 1.165) is 4.90 Å². The van der Waals surface area contributed by atoms with Crippen LogP contribution in [0.3, 0.4) is 0 Å². The van der Waals surface area contributed by atoms with Gasteiger partial charge in [0, 0.05) is 4.90 Å². The van der Waals surface area contributed by atoms with Gasteiger partial charge >= 0.3 is 0 Å². The quantitative estimate of drug-likeness (QED) is 0.900. The van der Waals surface area contributed by atoms with Crippen LogP contribution >= 0.6 is 11.8 Å². The molecule has 1 heterocycles. The molecule has 0 spiro atoms. The number of pyridine rings is 1. The lowest BCUT2D eigenvalue weighted by molar-refractivity contribution is 0.0997. The minimum atomic E-state index is -0.522. The van der Waals surface area contributed by atoms with Crippen LogP contribution in [-0.4, -0.2) is 10.9 Å². The number of nitrogens with two attached hydrogens (primary N) is 2. The third kappa shape index (κ3) is 3.06. The number of nitrogen functional groups attached to an aromatic ring is 1. The molecule has 1 amide bonds. The standard InChI is InChI=1S/C14H15N3OS/c1-8-3-4-11(5-9(8)2)19-14-12(13(16)18)6-10(15)7-17-14/h3-7H,15H2,1-2H3,(H2,16,18). The second-order valence-electron chi connectivity index (χ2n) is 4.33. The first-order chi connectivity index (χ1) is 8.97. The largest absolute Gasteiger partial charge is 0.397 e. The molecule has 0 atom stereocenters. The van der Waals surface area contributed by atoms with E-state index in [1.165, 1.54) is 29.1 Å². The number of aromatic nitrogens is 1. The fraction of sp³-hybridized carbons (Fsp3) is 0.143. The van der Waals surface area contributed by atoms with E-state index in [2.05, 4.69) is 18.0 Å². The fourth-order valence-electron chi connectivity index (χ4n) is 1.62. The first-order valence-corrected chi connectivity index (χ1v) is 6.59. The van der Waals surface area contributed by atoms with Gasteiger partial charge < -0.3 is 11.5 Å². The summed E-state index contributed by atoms with van der Waals surface area (Å²) in [7, 11) is 0. The maximum Gasteiger partial charge on any atom is 0.251 e. The van der Waals surface area contributed by atoms with Crippen LogP contribution in [0.2, 0.25) is 0 Å². The molecule has 0 bridgehead atoms. The molecular formula is C14H15N3OS. The Morgan fingerprint density at radius 2 is 1.95 bits per heavy atom. The summed E-state index contributed by atoms with van der Waals surface area (Å²) in [6.07, 6.45) is 1.52. The maximum atomic E-state index is 11.4. The van der Waals surface area contributed by atoms with E-state index in [9.17, 15) is 4.79 Å². The van der Waals surface area contributed by atoms with Gasteiger partial charge in [-0.15, -0.1) is 0 Å². The molecule has 0 saturated heterocycles. The molecule has 1 aromatic carbocycles. The van der Waals surface area contributed by atoms with Crippen LogP contribution in [0.4, 0.5) is 5.69 Å². The Bertz CT molecular complexity index is 641. The molecule has 0 aliphatic rings. The van der Waals surface area contributed by atoms with Gasteiger partial charge in [0.05, 0.1) is 17.4 Å². The lowest BCUT2D eigenvalue weighted by Gasteiger charge is -2.08. The Labute approximate surface area is 116 Å². The zero-order valence-electron chi connectivity index (χ0n) is 10.8. The minimum absolute atomic E-state index is 0.350. The van der Waals surface area contributed by atoms with E-state index < -0.39 is 5.91 Å². The summed E-state index contributed by atoms with van der Waals surface area (Å²) in [5.74, 6) is -0.522. The third-order valence-corrected chi connectivity index (χ3v) is 3.84. The second kappa shape index (κ2) is 5.32. The van der Waals surface area contributed by atoms with Crippen LogP contribution in [0.15, 0.2) is 40.4 Å². The number of carbonyl (C=O) groups is 1. The number of benzene rings is 1. The number of rotatable bonds is 3. The molecule has 4 N–H and O–H groups in total. The summed E-state index contributed by atoms with van der Waals surface area (Å²) in [6.45, 7) is 4.10. The van der Waals surface area contributed by atoms with Gasteiger partial charge in [0.15, 0.2) is 0 Å². The molecule has 98 valence electrons. The maximum absolute atomic E-state index is 11.4. The van der Waals surface area contributed by atoms with Crippen molar-refractivity contribution in [2.45, 2.75) is 23.8 Å². The zero-order chi connectivity index (χ0) is 14.0. The highest BCUT2D eigenvalue weighted by molar-refractivity contribution is 7.99. The Balaban J connectivity index is 2.37. The van der Waals surface area contributed by atoms with Crippen molar-refractivity contribution in [2.24, 2.45) is 5.73 Å². The van der Waals surface area contributed by atoms with Crippen LogP contribution in [0.25, 0.3) is 0 Å². The molecule has 0 radical (unpaired) electrons. The lowest BCUT2D eigenvalue weighted by atomic mass is 10.1. The van der Waals surface area contributed by atoms with E-state index in [-0.39, 0.29) is 0 Å². The molecule has 0 aliphatic heterocycles. The Kier molecular flexibility index (Phi) is 3.76. The monoisotopic (exact) mass is 273 g/mol. The summed E-state index contributed by atoms with van der Waals surface area (Å²) < 4.78 is 0. The van der Waals surface area contributed by atoms with Crippen molar-refractivity contribution in [1.82, 2.24) is 4.98 Å². The number of carbonyl (C=O) groups excluding carboxylic acids is 1. The van der Waals surface area contributed by atoms with E-state index in [4.69, 9.17) is 11.5 Å².